The Morgan fingerprint density at radius 2 is 1.84 bits per heavy atom. The highest BCUT2D eigenvalue weighted by atomic mass is 16.7. The molecule has 0 N–H and O–H groups in total. The fourth-order valence-electron chi connectivity index (χ4n) is 2.25. The van der Waals surface area contributed by atoms with Gasteiger partial charge in [-0.15, -0.1) is 0 Å². The van der Waals surface area contributed by atoms with E-state index in [-0.39, 0.29) is 6.10 Å². The van der Waals surface area contributed by atoms with E-state index in [2.05, 4.69) is 26.0 Å². The first-order valence-corrected chi connectivity index (χ1v) is 6.98. The third-order valence-electron chi connectivity index (χ3n) is 4.20. The molecule has 1 aliphatic rings. The number of methoxy groups -OCH3 is 1. The number of hydrogen-bond donors (Lipinski definition) is 0. The van der Waals surface area contributed by atoms with Gasteiger partial charge in [0, 0.05) is 26.4 Å². The van der Waals surface area contributed by atoms with E-state index in [0.29, 0.717) is 12.0 Å². The zero-order valence-corrected chi connectivity index (χ0v) is 12.5. The first-order chi connectivity index (χ1) is 8.99. The van der Waals surface area contributed by atoms with Gasteiger partial charge in [-0.3, -0.25) is 0 Å². The Morgan fingerprint density at radius 3 is 2.26 bits per heavy atom. The maximum Gasteiger partial charge on any atom is 0.207 e. The molecule has 0 amide bonds. The highest BCUT2D eigenvalue weighted by molar-refractivity contribution is 5.30. The van der Waals surface area contributed by atoms with Crippen molar-refractivity contribution in [1.29, 1.82) is 0 Å². The van der Waals surface area contributed by atoms with Crippen LogP contribution in [0.15, 0.2) is 24.3 Å². The Kier molecular flexibility index (Phi) is 4.16. The SMILES string of the molecule is CCC(C)(OC)Oc1ccc(C2OC(C)C2C)cc1. The third kappa shape index (κ3) is 2.93. The summed E-state index contributed by atoms with van der Waals surface area (Å²) in [6.07, 6.45) is 1.38. The predicted molar refractivity (Wildman–Crippen MR) is 75.2 cm³/mol. The molecule has 0 bridgehead atoms. The van der Waals surface area contributed by atoms with Gasteiger partial charge in [0.2, 0.25) is 5.79 Å². The second-order valence-corrected chi connectivity index (χ2v) is 5.48. The number of hydrogen-bond acceptors (Lipinski definition) is 3. The summed E-state index contributed by atoms with van der Waals surface area (Å²) in [6.45, 7) is 8.33. The summed E-state index contributed by atoms with van der Waals surface area (Å²) in [4.78, 5) is 0. The summed E-state index contributed by atoms with van der Waals surface area (Å²) in [7, 11) is 1.67. The number of benzene rings is 1. The molecule has 0 saturated carbocycles. The zero-order valence-electron chi connectivity index (χ0n) is 12.5. The fraction of sp³-hybridized carbons (Fsp3) is 0.625. The van der Waals surface area contributed by atoms with Crippen LogP contribution in [-0.2, 0) is 9.47 Å². The van der Waals surface area contributed by atoms with Crippen LogP contribution >= 0.6 is 0 Å². The van der Waals surface area contributed by atoms with Crippen molar-refractivity contribution in [1.82, 2.24) is 0 Å². The van der Waals surface area contributed by atoms with Crippen LogP contribution in [-0.4, -0.2) is 19.0 Å². The van der Waals surface area contributed by atoms with Crippen LogP contribution in [0.2, 0.25) is 0 Å². The molecular weight excluding hydrogens is 240 g/mol. The van der Waals surface area contributed by atoms with Crippen molar-refractivity contribution in [3.63, 3.8) is 0 Å². The van der Waals surface area contributed by atoms with Gasteiger partial charge in [0.25, 0.3) is 0 Å². The molecule has 2 rings (SSSR count). The van der Waals surface area contributed by atoms with E-state index in [1.807, 2.05) is 26.0 Å². The summed E-state index contributed by atoms with van der Waals surface area (Å²) < 4.78 is 17.0. The standard InChI is InChI=1S/C16H24O3/c1-6-16(4,17-5)19-14-9-7-13(8-10-14)15-11(2)12(3)18-15/h7-12,15H,6H2,1-5H3. The van der Waals surface area contributed by atoms with E-state index < -0.39 is 5.79 Å². The van der Waals surface area contributed by atoms with Crippen molar-refractivity contribution in [2.24, 2.45) is 5.92 Å². The fourth-order valence-corrected chi connectivity index (χ4v) is 2.25. The van der Waals surface area contributed by atoms with Crippen LogP contribution in [0.1, 0.15) is 45.8 Å². The second-order valence-electron chi connectivity index (χ2n) is 5.48. The molecule has 0 aromatic heterocycles. The average Bonchev–Trinajstić information content (AvgIpc) is 2.45. The van der Waals surface area contributed by atoms with Crippen LogP contribution in [0.5, 0.6) is 5.75 Å². The molecule has 0 radical (unpaired) electrons. The normalized spacial score (nSPS) is 29.4. The Labute approximate surface area is 115 Å². The molecule has 4 atom stereocenters. The average molecular weight is 264 g/mol. The Morgan fingerprint density at radius 1 is 1.21 bits per heavy atom. The van der Waals surface area contributed by atoms with Crippen molar-refractivity contribution in [2.45, 2.75) is 52.1 Å². The van der Waals surface area contributed by atoms with Crippen molar-refractivity contribution < 1.29 is 14.2 Å². The van der Waals surface area contributed by atoms with E-state index in [0.717, 1.165) is 12.2 Å². The molecule has 1 heterocycles. The van der Waals surface area contributed by atoms with E-state index in [1.165, 1.54) is 5.56 Å². The number of ether oxygens (including phenoxy) is 3. The Hall–Kier alpha value is -1.06. The Bertz CT molecular complexity index is 409. The summed E-state index contributed by atoms with van der Waals surface area (Å²) in [5, 5.41) is 0. The lowest BCUT2D eigenvalue weighted by molar-refractivity contribution is -0.171. The molecule has 4 unspecified atom stereocenters. The molecule has 3 heteroatoms. The minimum absolute atomic E-state index is 0.226. The van der Waals surface area contributed by atoms with Crippen molar-refractivity contribution in [3.05, 3.63) is 29.8 Å². The minimum Gasteiger partial charge on any atom is -0.463 e. The van der Waals surface area contributed by atoms with E-state index in [4.69, 9.17) is 14.2 Å². The first kappa shape index (κ1) is 14.4. The van der Waals surface area contributed by atoms with E-state index >= 15 is 0 Å². The molecule has 1 aliphatic heterocycles. The molecule has 0 spiro atoms. The topological polar surface area (TPSA) is 27.7 Å². The van der Waals surface area contributed by atoms with Crippen LogP contribution in [0.4, 0.5) is 0 Å². The zero-order chi connectivity index (χ0) is 14.0. The monoisotopic (exact) mass is 264 g/mol. The number of rotatable bonds is 5. The van der Waals surface area contributed by atoms with Crippen molar-refractivity contribution >= 4 is 0 Å². The maximum atomic E-state index is 5.87. The molecule has 1 aromatic carbocycles. The molecule has 0 aliphatic carbocycles. The van der Waals surface area contributed by atoms with Crippen molar-refractivity contribution in [3.8, 4) is 5.75 Å². The van der Waals surface area contributed by atoms with Crippen LogP contribution in [0, 0.1) is 5.92 Å². The summed E-state index contributed by atoms with van der Waals surface area (Å²) in [6, 6.07) is 8.13. The van der Waals surface area contributed by atoms with Crippen LogP contribution in [0.3, 0.4) is 0 Å². The molecule has 1 fully saturated rings. The van der Waals surface area contributed by atoms with E-state index in [9.17, 15) is 0 Å². The summed E-state index contributed by atoms with van der Waals surface area (Å²) in [5.74, 6) is 0.845. The summed E-state index contributed by atoms with van der Waals surface area (Å²) >= 11 is 0. The quantitative estimate of drug-likeness (QED) is 0.754. The Balaban J connectivity index is 2.03. The summed E-state index contributed by atoms with van der Waals surface area (Å²) in [5.41, 5.74) is 1.22. The van der Waals surface area contributed by atoms with Crippen LogP contribution < -0.4 is 4.74 Å². The van der Waals surface area contributed by atoms with Gasteiger partial charge in [0.1, 0.15) is 5.75 Å². The minimum atomic E-state index is -0.559. The van der Waals surface area contributed by atoms with Gasteiger partial charge in [-0.05, 0) is 24.6 Å². The van der Waals surface area contributed by atoms with E-state index in [1.54, 1.807) is 7.11 Å². The lowest BCUT2D eigenvalue weighted by Gasteiger charge is -2.41. The van der Waals surface area contributed by atoms with Gasteiger partial charge in [-0.2, -0.15) is 0 Å². The lowest BCUT2D eigenvalue weighted by atomic mass is 9.87. The highest BCUT2D eigenvalue weighted by Gasteiger charge is 2.36. The van der Waals surface area contributed by atoms with Crippen molar-refractivity contribution in [2.75, 3.05) is 7.11 Å². The molecule has 106 valence electrons. The molecule has 3 nitrogen and oxygen atoms in total. The molecule has 1 saturated heterocycles. The van der Waals surface area contributed by atoms with Gasteiger partial charge in [0.15, 0.2) is 0 Å². The maximum absolute atomic E-state index is 5.87. The second kappa shape index (κ2) is 5.51. The largest absolute Gasteiger partial charge is 0.463 e. The predicted octanol–water partition coefficient (Wildman–Crippen LogP) is 3.93. The van der Waals surface area contributed by atoms with Gasteiger partial charge in [-0.25, -0.2) is 0 Å². The highest BCUT2D eigenvalue weighted by Crippen LogP contribution is 2.40. The van der Waals surface area contributed by atoms with Gasteiger partial charge in [0.05, 0.1) is 12.2 Å². The molecular formula is C16H24O3. The smallest absolute Gasteiger partial charge is 0.207 e. The van der Waals surface area contributed by atoms with Crippen LogP contribution in [0.25, 0.3) is 0 Å². The van der Waals surface area contributed by atoms with Gasteiger partial charge >= 0.3 is 0 Å². The molecule has 1 aromatic rings. The van der Waals surface area contributed by atoms with Gasteiger partial charge < -0.3 is 14.2 Å². The molecule has 19 heavy (non-hydrogen) atoms. The first-order valence-electron chi connectivity index (χ1n) is 6.98. The third-order valence-corrected chi connectivity index (χ3v) is 4.20. The lowest BCUT2D eigenvalue weighted by Crippen LogP contribution is -2.38. The van der Waals surface area contributed by atoms with Gasteiger partial charge in [-0.1, -0.05) is 26.0 Å².